The summed E-state index contributed by atoms with van der Waals surface area (Å²) in [4.78, 5) is 16.1. The van der Waals surface area contributed by atoms with E-state index in [0.717, 1.165) is 29.8 Å². The van der Waals surface area contributed by atoms with E-state index in [1.165, 1.54) is 11.1 Å². The summed E-state index contributed by atoms with van der Waals surface area (Å²) in [6.45, 7) is 4.61. The molecule has 4 rings (SSSR count). The molecule has 0 atom stereocenters. The van der Waals surface area contributed by atoms with E-state index in [9.17, 15) is 0 Å². The Morgan fingerprint density at radius 3 is 2.31 bits per heavy atom. The number of rotatable bonds is 4. The van der Waals surface area contributed by atoms with Gasteiger partial charge in [-0.3, -0.25) is 4.98 Å². The highest BCUT2D eigenvalue weighted by molar-refractivity contribution is 5.49. The number of nitrogen functional groups attached to an aromatic ring is 1. The topological polar surface area (TPSA) is 67.9 Å². The number of hydrogen-bond donors (Lipinski definition) is 1. The summed E-state index contributed by atoms with van der Waals surface area (Å²) in [5.41, 5.74) is 11.8. The van der Waals surface area contributed by atoms with Crippen molar-refractivity contribution < 1.29 is 0 Å². The predicted molar refractivity (Wildman–Crippen MR) is 104 cm³/mol. The number of benzene rings is 1. The molecule has 5 heteroatoms. The Morgan fingerprint density at radius 1 is 1.00 bits per heavy atom. The van der Waals surface area contributed by atoms with Crippen molar-refractivity contribution in [2.24, 2.45) is 0 Å². The van der Waals surface area contributed by atoms with Crippen LogP contribution in [0.15, 0.2) is 48.7 Å². The van der Waals surface area contributed by atoms with Crippen molar-refractivity contribution in [2.75, 3.05) is 10.6 Å². The Kier molecular flexibility index (Phi) is 4.29. The maximum atomic E-state index is 6.14. The van der Waals surface area contributed by atoms with Gasteiger partial charge in [0.25, 0.3) is 0 Å². The minimum absolute atomic E-state index is 0.302. The highest BCUT2D eigenvalue weighted by atomic mass is 15.3. The number of nitrogens with zero attached hydrogens (tertiary/aromatic N) is 4. The largest absolute Gasteiger partial charge is 0.383 e. The van der Waals surface area contributed by atoms with Gasteiger partial charge in [0.2, 0.25) is 5.95 Å². The normalized spacial score (nSPS) is 13.6. The molecule has 0 saturated heterocycles. The number of pyridine rings is 1. The van der Waals surface area contributed by atoms with E-state index in [4.69, 9.17) is 10.7 Å². The van der Waals surface area contributed by atoms with Crippen LogP contribution in [-0.4, -0.2) is 21.0 Å². The van der Waals surface area contributed by atoms with Crippen molar-refractivity contribution in [1.29, 1.82) is 0 Å². The molecule has 5 nitrogen and oxygen atoms in total. The molecule has 0 amide bonds. The molecule has 3 aromatic rings. The van der Waals surface area contributed by atoms with Gasteiger partial charge in [0.1, 0.15) is 5.82 Å². The average molecular weight is 345 g/mol. The van der Waals surface area contributed by atoms with Crippen LogP contribution in [0.1, 0.15) is 28.1 Å². The molecule has 1 aromatic carbocycles. The van der Waals surface area contributed by atoms with Crippen LogP contribution in [-0.2, 0) is 19.4 Å². The first-order valence-electron chi connectivity index (χ1n) is 8.96. The van der Waals surface area contributed by atoms with E-state index in [0.29, 0.717) is 24.4 Å². The lowest BCUT2D eigenvalue weighted by atomic mass is 10.1. The summed E-state index contributed by atoms with van der Waals surface area (Å²) in [5.74, 6) is 1.24. The Hall–Kier alpha value is -2.95. The number of anilines is 2. The molecule has 132 valence electrons. The van der Waals surface area contributed by atoms with Crippen LogP contribution in [0.4, 0.5) is 11.8 Å². The van der Waals surface area contributed by atoms with Crippen LogP contribution in [0.5, 0.6) is 0 Å². The van der Waals surface area contributed by atoms with E-state index in [1.54, 1.807) is 0 Å². The third-order valence-corrected chi connectivity index (χ3v) is 5.20. The number of fused-ring (bicyclic) bond motifs is 1. The summed E-state index contributed by atoms with van der Waals surface area (Å²) in [6, 6.07) is 14.9. The van der Waals surface area contributed by atoms with Crippen molar-refractivity contribution in [3.63, 3.8) is 0 Å². The average Bonchev–Trinajstić information content (AvgIpc) is 3.08. The second-order valence-corrected chi connectivity index (χ2v) is 6.90. The fourth-order valence-corrected chi connectivity index (χ4v) is 3.55. The molecule has 0 saturated carbocycles. The minimum atomic E-state index is 0.302. The van der Waals surface area contributed by atoms with E-state index in [2.05, 4.69) is 39.1 Å². The number of hydrogen-bond acceptors (Lipinski definition) is 5. The first-order valence-corrected chi connectivity index (χ1v) is 8.96. The zero-order chi connectivity index (χ0) is 18.1. The molecule has 0 bridgehead atoms. The van der Waals surface area contributed by atoms with Crippen LogP contribution < -0.4 is 10.6 Å². The second-order valence-electron chi connectivity index (χ2n) is 6.90. The van der Waals surface area contributed by atoms with Crippen molar-refractivity contribution in [2.45, 2.75) is 39.3 Å². The molecular weight excluding hydrogens is 322 g/mol. The fourth-order valence-electron chi connectivity index (χ4n) is 3.55. The number of aryl methyl sites for hydroxylation is 1. The lowest BCUT2D eigenvalue weighted by Gasteiger charge is -2.29. The van der Waals surface area contributed by atoms with Gasteiger partial charge < -0.3 is 10.6 Å². The summed E-state index contributed by atoms with van der Waals surface area (Å²) >= 11 is 0. The summed E-state index contributed by atoms with van der Waals surface area (Å²) in [7, 11) is 0. The standard InChI is InChI=1S/C21H23N5/c1-14-15(2)24-21(25-20(14)22)26(13-18-9-5-6-10-23-18)19-11-16-7-3-4-8-17(16)12-19/h3-10,19H,11-13H2,1-2H3,(H2,22,24,25). The monoisotopic (exact) mass is 345 g/mol. The van der Waals surface area contributed by atoms with E-state index >= 15 is 0 Å². The molecule has 2 heterocycles. The zero-order valence-electron chi connectivity index (χ0n) is 15.2. The highest BCUT2D eigenvalue weighted by Gasteiger charge is 2.29. The molecule has 0 aliphatic heterocycles. The van der Waals surface area contributed by atoms with E-state index in [-0.39, 0.29) is 0 Å². The zero-order valence-corrected chi connectivity index (χ0v) is 15.2. The summed E-state index contributed by atoms with van der Waals surface area (Å²) in [5, 5.41) is 0. The Labute approximate surface area is 153 Å². The first kappa shape index (κ1) is 16.5. The van der Waals surface area contributed by atoms with Gasteiger partial charge in [0.15, 0.2) is 0 Å². The molecule has 2 aromatic heterocycles. The van der Waals surface area contributed by atoms with Crippen LogP contribution in [0.2, 0.25) is 0 Å². The Bertz CT molecular complexity index is 875. The third-order valence-electron chi connectivity index (χ3n) is 5.20. The van der Waals surface area contributed by atoms with Gasteiger partial charge in [-0.25, -0.2) is 4.98 Å². The smallest absolute Gasteiger partial charge is 0.228 e. The fraction of sp³-hybridized carbons (Fsp3) is 0.286. The molecule has 0 fully saturated rings. The molecule has 2 N–H and O–H groups in total. The van der Waals surface area contributed by atoms with Crippen molar-refractivity contribution >= 4 is 11.8 Å². The molecule has 0 radical (unpaired) electrons. The highest BCUT2D eigenvalue weighted by Crippen LogP contribution is 2.29. The number of nitrogens with two attached hydrogens (primary N) is 1. The van der Waals surface area contributed by atoms with Crippen molar-refractivity contribution in [3.05, 3.63) is 76.7 Å². The predicted octanol–water partition coefficient (Wildman–Crippen LogP) is 3.24. The Balaban J connectivity index is 1.71. The van der Waals surface area contributed by atoms with E-state index < -0.39 is 0 Å². The van der Waals surface area contributed by atoms with Gasteiger partial charge in [0.05, 0.1) is 12.2 Å². The first-order chi connectivity index (χ1) is 12.6. The van der Waals surface area contributed by atoms with Crippen molar-refractivity contribution in [1.82, 2.24) is 15.0 Å². The second kappa shape index (κ2) is 6.75. The van der Waals surface area contributed by atoms with Crippen LogP contribution in [0, 0.1) is 13.8 Å². The van der Waals surface area contributed by atoms with Gasteiger partial charge in [-0.05, 0) is 49.9 Å². The van der Waals surface area contributed by atoms with Gasteiger partial charge in [-0.15, -0.1) is 0 Å². The number of aromatic nitrogens is 3. The molecule has 1 aliphatic rings. The van der Waals surface area contributed by atoms with Gasteiger partial charge in [0, 0.05) is 23.5 Å². The van der Waals surface area contributed by atoms with Crippen molar-refractivity contribution in [3.8, 4) is 0 Å². The molecule has 26 heavy (non-hydrogen) atoms. The maximum Gasteiger partial charge on any atom is 0.228 e. The van der Waals surface area contributed by atoms with Gasteiger partial charge in [-0.1, -0.05) is 30.3 Å². The summed E-state index contributed by atoms with van der Waals surface area (Å²) < 4.78 is 0. The summed E-state index contributed by atoms with van der Waals surface area (Å²) in [6.07, 6.45) is 3.80. The van der Waals surface area contributed by atoms with E-state index in [1.807, 2.05) is 38.2 Å². The molecule has 0 spiro atoms. The maximum absolute atomic E-state index is 6.14. The molecule has 0 unspecified atom stereocenters. The molecular formula is C21H23N5. The molecule has 1 aliphatic carbocycles. The minimum Gasteiger partial charge on any atom is -0.383 e. The van der Waals surface area contributed by atoms with Gasteiger partial charge >= 0.3 is 0 Å². The quantitative estimate of drug-likeness (QED) is 0.786. The van der Waals surface area contributed by atoms with Crippen LogP contribution in [0.3, 0.4) is 0 Å². The third kappa shape index (κ3) is 3.12. The SMILES string of the molecule is Cc1nc(N(Cc2ccccn2)C2Cc3ccccc3C2)nc(N)c1C. The Morgan fingerprint density at radius 2 is 1.69 bits per heavy atom. The lowest BCUT2D eigenvalue weighted by Crippen LogP contribution is -2.37. The van der Waals surface area contributed by atoms with Crippen LogP contribution >= 0.6 is 0 Å². The lowest BCUT2D eigenvalue weighted by molar-refractivity contribution is 0.593. The van der Waals surface area contributed by atoms with Gasteiger partial charge in [-0.2, -0.15) is 4.98 Å². The van der Waals surface area contributed by atoms with Crippen LogP contribution in [0.25, 0.3) is 0 Å².